The summed E-state index contributed by atoms with van der Waals surface area (Å²) < 4.78 is 0. The Hall–Kier alpha value is -0.820. The molecule has 0 amide bonds. The van der Waals surface area contributed by atoms with Crippen LogP contribution in [0.3, 0.4) is 0 Å². The van der Waals surface area contributed by atoms with E-state index in [0.29, 0.717) is 5.41 Å². The molecule has 106 valence electrons. The van der Waals surface area contributed by atoms with E-state index < -0.39 is 0 Å². The first-order chi connectivity index (χ1) is 8.80. The van der Waals surface area contributed by atoms with Crippen LogP contribution in [-0.4, -0.2) is 11.2 Å². The normalized spacial score (nSPS) is 40.2. The van der Waals surface area contributed by atoms with Crippen molar-refractivity contribution < 1.29 is 5.11 Å². The Kier molecular flexibility index (Phi) is 4.06. The monoisotopic (exact) mass is 260 g/mol. The van der Waals surface area contributed by atoms with Crippen molar-refractivity contribution in [1.29, 1.82) is 0 Å². The average molecular weight is 260 g/mol. The molecule has 0 saturated carbocycles. The minimum absolute atomic E-state index is 0.121. The van der Waals surface area contributed by atoms with Gasteiger partial charge in [-0.15, -0.1) is 0 Å². The Labute approximate surface area is 118 Å². The fourth-order valence-corrected chi connectivity index (χ4v) is 3.75. The van der Waals surface area contributed by atoms with Gasteiger partial charge in [0.2, 0.25) is 0 Å². The average Bonchev–Trinajstić information content (AvgIpc) is 2.24. The lowest BCUT2D eigenvalue weighted by atomic mass is 9.70. The number of rotatable bonds is 2. The first-order valence-corrected chi connectivity index (χ1v) is 7.52. The van der Waals surface area contributed by atoms with Gasteiger partial charge in [0.25, 0.3) is 0 Å². The summed E-state index contributed by atoms with van der Waals surface area (Å²) in [4.78, 5) is 0. The lowest BCUT2D eigenvalue weighted by Crippen LogP contribution is -2.26. The van der Waals surface area contributed by atoms with Gasteiger partial charge in [-0.2, -0.15) is 0 Å². The summed E-state index contributed by atoms with van der Waals surface area (Å²) in [5.74, 6) is 0. The summed E-state index contributed by atoms with van der Waals surface area (Å²) in [5.41, 5.74) is 3.26. The van der Waals surface area contributed by atoms with Crippen molar-refractivity contribution in [2.75, 3.05) is 0 Å². The summed E-state index contributed by atoms with van der Waals surface area (Å²) in [5, 5.41) is 9.94. The van der Waals surface area contributed by atoms with Gasteiger partial charge in [0, 0.05) is 0 Å². The van der Waals surface area contributed by atoms with Crippen molar-refractivity contribution in [3.05, 3.63) is 35.5 Å². The first kappa shape index (κ1) is 14.6. The molecular weight excluding hydrogens is 232 g/mol. The zero-order chi connectivity index (χ0) is 14.1. The molecule has 2 rings (SSSR count). The van der Waals surface area contributed by atoms with Crippen LogP contribution in [0.15, 0.2) is 35.5 Å². The lowest BCUT2D eigenvalue weighted by molar-refractivity contribution is 0.152. The number of hydrogen-bond acceptors (Lipinski definition) is 1. The molecule has 3 atom stereocenters. The smallest absolute Gasteiger partial charge is 0.0731 e. The van der Waals surface area contributed by atoms with Gasteiger partial charge in [-0.1, -0.05) is 49.3 Å². The van der Waals surface area contributed by atoms with E-state index in [2.05, 4.69) is 45.9 Å². The van der Waals surface area contributed by atoms with Crippen molar-refractivity contribution in [3.63, 3.8) is 0 Å². The zero-order valence-corrected chi connectivity index (χ0v) is 12.9. The number of aliphatic hydroxyl groups excluding tert-OH is 1. The maximum absolute atomic E-state index is 9.94. The van der Waals surface area contributed by atoms with E-state index in [9.17, 15) is 5.11 Å². The van der Waals surface area contributed by atoms with Crippen molar-refractivity contribution >= 4 is 0 Å². The Balaban J connectivity index is 2.10. The van der Waals surface area contributed by atoms with E-state index >= 15 is 0 Å². The highest BCUT2D eigenvalue weighted by Crippen LogP contribution is 2.41. The second-order valence-corrected chi connectivity index (χ2v) is 7.37. The predicted octanol–water partition coefficient (Wildman–Crippen LogP) is 4.79. The molecule has 2 aliphatic carbocycles. The minimum atomic E-state index is -0.274. The highest BCUT2D eigenvalue weighted by molar-refractivity contribution is 5.19. The molecule has 0 aromatic heterocycles. The molecule has 3 unspecified atom stereocenters. The van der Waals surface area contributed by atoms with E-state index in [1.807, 2.05) is 6.08 Å². The third-order valence-electron chi connectivity index (χ3n) is 4.61. The fraction of sp³-hybridized carbons (Fsp3) is 0.667. The van der Waals surface area contributed by atoms with Crippen LogP contribution in [0.1, 0.15) is 59.8 Å². The molecule has 0 spiro atoms. The van der Waals surface area contributed by atoms with Crippen LogP contribution in [0.2, 0.25) is 0 Å². The van der Waals surface area contributed by atoms with Gasteiger partial charge >= 0.3 is 0 Å². The van der Waals surface area contributed by atoms with Crippen LogP contribution in [0.5, 0.6) is 0 Å². The van der Waals surface area contributed by atoms with E-state index in [1.54, 1.807) is 0 Å². The summed E-state index contributed by atoms with van der Waals surface area (Å²) in [6.07, 6.45) is 14.5. The van der Waals surface area contributed by atoms with E-state index in [1.165, 1.54) is 30.4 Å². The quantitative estimate of drug-likeness (QED) is 0.708. The number of hydrogen-bond donors (Lipinski definition) is 1. The highest BCUT2D eigenvalue weighted by atomic mass is 16.3. The molecule has 0 aromatic rings. The Bertz CT molecular complexity index is 429. The molecule has 0 fully saturated rings. The van der Waals surface area contributed by atoms with Crippen LogP contribution in [0.4, 0.5) is 0 Å². The van der Waals surface area contributed by atoms with Crippen LogP contribution >= 0.6 is 0 Å². The maximum atomic E-state index is 9.94. The summed E-state index contributed by atoms with van der Waals surface area (Å²) >= 11 is 0. The largest absolute Gasteiger partial charge is 0.389 e. The van der Waals surface area contributed by atoms with Crippen LogP contribution in [0.25, 0.3) is 0 Å². The second kappa shape index (κ2) is 5.28. The van der Waals surface area contributed by atoms with Crippen molar-refractivity contribution in [3.8, 4) is 0 Å². The van der Waals surface area contributed by atoms with Crippen molar-refractivity contribution in [2.45, 2.75) is 65.9 Å². The van der Waals surface area contributed by atoms with Gasteiger partial charge in [0.05, 0.1) is 6.10 Å². The Morgan fingerprint density at radius 2 is 1.74 bits per heavy atom. The van der Waals surface area contributed by atoms with Gasteiger partial charge in [-0.25, -0.2) is 0 Å². The second-order valence-electron chi connectivity index (χ2n) is 7.37. The molecule has 0 radical (unpaired) electrons. The SMILES string of the molecule is CC1=CCCC(C)(/C=C/C2(C)CC(C)=CC(O)C2)C1. The van der Waals surface area contributed by atoms with Gasteiger partial charge in [-0.3, -0.25) is 0 Å². The van der Waals surface area contributed by atoms with Crippen LogP contribution in [0, 0.1) is 10.8 Å². The summed E-state index contributed by atoms with van der Waals surface area (Å²) in [6, 6.07) is 0. The molecule has 19 heavy (non-hydrogen) atoms. The molecule has 1 N–H and O–H groups in total. The van der Waals surface area contributed by atoms with Crippen molar-refractivity contribution in [1.82, 2.24) is 0 Å². The molecule has 0 heterocycles. The molecule has 1 heteroatoms. The standard InChI is InChI=1S/C18H28O/c1-14-6-5-7-17(3,11-14)8-9-18(4)12-15(2)10-16(19)13-18/h6,8-10,16,19H,5,7,11-13H2,1-4H3/b9-8+. The predicted molar refractivity (Wildman–Crippen MR) is 82.0 cm³/mol. The van der Waals surface area contributed by atoms with Crippen molar-refractivity contribution in [2.24, 2.45) is 10.8 Å². The number of allylic oxidation sites excluding steroid dienone is 5. The molecule has 2 aliphatic rings. The minimum Gasteiger partial charge on any atom is -0.389 e. The third-order valence-corrected chi connectivity index (χ3v) is 4.61. The summed E-state index contributed by atoms with van der Waals surface area (Å²) in [6.45, 7) is 9.01. The third kappa shape index (κ3) is 3.82. The van der Waals surface area contributed by atoms with Gasteiger partial charge in [-0.05, 0) is 56.8 Å². The van der Waals surface area contributed by atoms with E-state index in [4.69, 9.17) is 0 Å². The number of aliphatic hydroxyl groups is 1. The molecule has 0 bridgehead atoms. The summed E-state index contributed by atoms with van der Waals surface area (Å²) in [7, 11) is 0. The van der Waals surface area contributed by atoms with Gasteiger partial charge in [0.1, 0.15) is 0 Å². The Morgan fingerprint density at radius 3 is 2.37 bits per heavy atom. The van der Waals surface area contributed by atoms with Crippen LogP contribution in [-0.2, 0) is 0 Å². The molecule has 0 aromatic carbocycles. The maximum Gasteiger partial charge on any atom is 0.0731 e. The molecule has 1 nitrogen and oxygen atoms in total. The van der Waals surface area contributed by atoms with Crippen LogP contribution < -0.4 is 0 Å². The first-order valence-electron chi connectivity index (χ1n) is 7.52. The topological polar surface area (TPSA) is 20.2 Å². The zero-order valence-electron chi connectivity index (χ0n) is 12.9. The van der Waals surface area contributed by atoms with E-state index in [0.717, 1.165) is 12.8 Å². The highest BCUT2D eigenvalue weighted by Gasteiger charge is 2.30. The van der Waals surface area contributed by atoms with Gasteiger partial charge < -0.3 is 5.11 Å². The molecular formula is C18H28O. The Morgan fingerprint density at radius 1 is 1.11 bits per heavy atom. The lowest BCUT2D eigenvalue weighted by Gasteiger charge is -2.35. The van der Waals surface area contributed by atoms with E-state index in [-0.39, 0.29) is 11.5 Å². The van der Waals surface area contributed by atoms with Gasteiger partial charge in [0.15, 0.2) is 0 Å². The molecule has 0 saturated heterocycles. The molecule has 0 aliphatic heterocycles. The fourth-order valence-electron chi connectivity index (χ4n) is 3.75.